The van der Waals surface area contributed by atoms with Crippen molar-refractivity contribution in [3.63, 3.8) is 0 Å². The summed E-state index contributed by atoms with van der Waals surface area (Å²) < 4.78 is 18.8. The summed E-state index contributed by atoms with van der Waals surface area (Å²) in [7, 11) is 0. The lowest BCUT2D eigenvalue weighted by molar-refractivity contribution is 0.472. The molecule has 1 aromatic carbocycles. The number of rotatable bonds is 5. The van der Waals surface area contributed by atoms with Crippen LogP contribution in [0.25, 0.3) is 11.3 Å². The van der Waals surface area contributed by atoms with Crippen LogP contribution in [0.1, 0.15) is 19.6 Å². The highest BCUT2D eigenvalue weighted by Crippen LogP contribution is 2.26. The standard InChI is InChI=1S/C15H17ClFNO/c1-10(2)8-18-9-12-4-6-15(19-12)11-3-5-14(17)13(16)7-11/h3-7,10,18H,8-9H2,1-2H3. The van der Waals surface area contributed by atoms with Crippen LogP contribution < -0.4 is 5.32 Å². The van der Waals surface area contributed by atoms with Crippen LogP contribution in [0, 0.1) is 11.7 Å². The van der Waals surface area contributed by atoms with Gasteiger partial charge in [0.2, 0.25) is 0 Å². The van der Waals surface area contributed by atoms with Gasteiger partial charge >= 0.3 is 0 Å². The molecule has 0 aliphatic carbocycles. The fourth-order valence-corrected chi connectivity index (χ4v) is 1.94. The van der Waals surface area contributed by atoms with Crippen LogP contribution >= 0.6 is 11.6 Å². The average Bonchev–Trinajstić information content (AvgIpc) is 2.81. The van der Waals surface area contributed by atoms with E-state index in [1.807, 2.05) is 12.1 Å². The minimum atomic E-state index is -0.421. The number of benzene rings is 1. The van der Waals surface area contributed by atoms with E-state index in [0.29, 0.717) is 18.2 Å². The first kappa shape index (κ1) is 14.1. The van der Waals surface area contributed by atoms with Crippen molar-refractivity contribution in [3.05, 3.63) is 46.9 Å². The van der Waals surface area contributed by atoms with Crippen LogP contribution in [0.3, 0.4) is 0 Å². The van der Waals surface area contributed by atoms with Crippen molar-refractivity contribution < 1.29 is 8.81 Å². The molecule has 4 heteroatoms. The molecule has 0 aliphatic heterocycles. The molecule has 0 amide bonds. The van der Waals surface area contributed by atoms with E-state index in [4.69, 9.17) is 16.0 Å². The molecule has 19 heavy (non-hydrogen) atoms. The Labute approximate surface area is 117 Å². The molecule has 1 aromatic heterocycles. The Morgan fingerprint density at radius 2 is 2.05 bits per heavy atom. The van der Waals surface area contributed by atoms with E-state index in [-0.39, 0.29) is 5.02 Å². The third-order valence-electron chi connectivity index (χ3n) is 2.72. The minimum Gasteiger partial charge on any atom is -0.460 e. The van der Waals surface area contributed by atoms with Crippen LogP contribution in [0.15, 0.2) is 34.7 Å². The van der Waals surface area contributed by atoms with E-state index in [9.17, 15) is 4.39 Å². The number of furan rings is 1. The predicted octanol–water partition coefficient (Wildman–Crippen LogP) is 4.48. The van der Waals surface area contributed by atoms with Gasteiger partial charge in [-0.05, 0) is 42.8 Å². The molecule has 0 spiro atoms. The Morgan fingerprint density at radius 1 is 1.26 bits per heavy atom. The maximum atomic E-state index is 13.1. The van der Waals surface area contributed by atoms with Crippen molar-refractivity contribution in [2.24, 2.45) is 5.92 Å². The summed E-state index contributed by atoms with van der Waals surface area (Å²) in [6.07, 6.45) is 0. The molecule has 1 heterocycles. The quantitative estimate of drug-likeness (QED) is 0.874. The summed E-state index contributed by atoms with van der Waals surface area (Å²) in [6.45, 7) is 5.94. The van der Waals surface area contributed by atoms with Crippen molar-refractivity contribution in [1.82, 2.24) is 5.32 Å². The molecule has 2 nitrogen and oxygen atoms in total. The Bertz CT molecular complexity index is 551. The van der Waals surface area contributed by atoms with Crippen LogP contribution in [-0.4, -0.2) is 6.54 Å². The molecule has 1 N–H and O–H groups in total. The van der Waals surface area contributed by atoms with E-state index in [0.717, 1.165) is 17.9 Å². The second-order valence-corrected chi connectivity index (χ2v) is 5.33. The highest BCUT2D eigenvalue weighted by Gasteiger charge is 2.07. The topological polar surface area (TPSA) is 25.2 Å². The predicted molar refractivity (Wildman–Crippen MR) is 75.7 cm³/mol. The average molecular weight is 282 g/mol. The van der Waals surface area contributed by atoms with Gasteiger partial charge in [0, 0.05) is 5.56 Å². The zero-order chi connectivity index (χ0) is 13.8. The monoisotopic (exact) mass is 281 g/mol. The molecule has 2 rings (SSSR count). The highest BCUT2D eigenvalue weighted by atomic mass is 35.5. The van der Waals surface area contributed by atoms with Crippen LogP contribution in [0.4, 0.5) is 4.39 Å². The number of hydrogen-bond acceptors (Lipinski definition) is 2. The van der Waals surface area contributed by atoms with E-state index >= 15 is 0 Å². The van der Waals surface area contributed by atoms with E-state index in [1.54, 1.807) is 12.1 Å². The van der Waals surface area contributed by atoms with Crippen LogP contribution in [-0.2, 0) is 6.54 Å². The molecule has 0 saturated carbocycles. The van der Waals surface area contributed by atoms with Crippen molar-refractivity contribution in [2.75, 3.05) is 6.54 Å². The Balaban J connectivity index is 2.05. The summed E-state index contributed by atoms with van der Waals surface area (Å²) in [5.74, 6) is 1.74. The fraction of sp³-hybridized carbons (Fsp3) is 0.333. The largest absolute Gasteiger partial charge is 0.460 e. The third kappa shape index (κ3) is 3.82. The molecular formula is C15H17ClFNO. The van der Waals surface area contributed by atoms with E-state index in [1.165, 1.54) is 6.07 Å². The summed E-state index contributed by atoms with van der Waals surface area (Å²) in [5, 5.41) is 3.41. The van der Waals surface area contributed by atoms with Gasteiger partial charge in [0.25, 0.3) is 0 Å². The zero-order valence-corrected chi connectivity index (χ0v) is 11.8. The van der Waals surface area contributed by atoms with Gasteiger partial charge in [-0.1, -0.05) is 25.4 Å². The van der Waals surface area contributed by atoms with Gasteiger partial charge in [-0.2, -0.15) is 0 Å². The van der Waals surface area contributed by atoms with Gasteiger partial charge in [0.05, 0.1) is 11.6 Å². The lowest BCUT2D eigenvalue weighted by atomic mass is 10.2. The van der Waals surface area contributed by atoms with Gasteiger partial charge in [-0.3, -0.25) is 0 Å². The molecule has 0 saturated heterocycles. The molecule has 0 atom stereocenters. The molecule has 2 aromatic rings. The maximum absolute atomic E-state index is 13.1. The first-order valence-corrected chi connectivity index (χ1v) is 6.69. The normalized spacial score (nSPS) is 11.2. The smallest absolute Gasteiger partial charge is 0.141 e. The minimum absolute atomic E-state index is 0.105. The fourth-order valence-electron chi connectivity index (χ4n) is 1.76. The molecule has 102 valence electrons. The van der Waals surface area contributed by atoms with Gasteiger partial charge in [-0.25, -0.2) is 4.39 Å². The van der Waals surface area contributed by atoms with Gasteiger partial charge in [0.1, 0.15) is 17.3 Å². The number of nitrogens with one attached hydrogen (secondary N) is 1. The maximum Gasteiger partial charge on any atom is 0.141 e. The number of hydrogen-bond donors (Lipinski definition) is 1. The lowest BCUT2D eigenvalue weighted by Gasteiger charge is -2.05. The van der Waals surface area contributed by atoms with Crippen molar-refractivity contribution >= 4 is 11.6 Å². The molecule has 0 fully saturated rings. The molecular weight excluding hydrogens is 265 g/mol. The highest BCUT2D eigenvalue weighted by molar-refractivity contribution is 6.31. The van der Waals surface area contributed by atoms with E-state index in [2.05, 4.69) is 19.2 Å². The third-order valence-corrected chi connectivity index (χ3v) is 3.01. The van der Waals surface area contributed by atoms with Crippen molar-refractivity contribution in [2.45, 2.75) is 20.4 Å². The Morgan fingerprint density at radius 3 is 2.74 bits per heavy atom. The van der Waals surface area contributed by atoms with Gasteiger partial charge < -0.3 is 9.73 Å². The lowest BCUT2D eigenvalue weighted by Crippen LogP contribution is -2.18. The number of halogens is 2. The second-order valence-electron chi connectivity index (χ2n) is 4.92. The van der Waals surface area contributed by atoms with Crippen molar-refractivity contribution in [3.8, 4) is 11.3 Å². The van der Waals surface area contributed by atoms with Crippen molar-refractivity contribution in [1.29, 1.82) is 0 Å². The summed E-state index contributed by atoms with van der Waals surface area (Å²) in [4.78, 5) is 0. The van der Waals surface area contributed by atoms with Crippen LogP contribution in [0.5, 0.6) is 0 Å². The Kier molecular flexibility index (Phi) is 4.61. The first-order valence-electron chi connectivity index (χ1n) is 6.31. The Hall–Kier alpha value is -1.32. The molecule has 0 aliphatic rings. The van der Waals surface area contributed by atoms with E-state index < -0.39 is 5.82 Å². The summed E-state index contributed by atoms with van der Waals surface area (Å²) in [6, 6.07) is 8.36. The summed E-state index contributed by atoms with van der Waals surface area (Å²) >= 11 is 5.76. The molecule has 0 radical (unpaired) electrons. The molecule has 0 bridgehead atoms. The first-order chi connectivity index (χ1) is 9.06. The van der Waals surface area contributed by atoms with Gasteiger partial charge in [-0.15, -0.1) is 0 Å². The molecule has 0 unspecified atom stereocenters. The second kappa shape index (κ2) is 6.22. The van der Waals surface area contributed by atoms with Crippen LogP contribution in [0.2, 0.25) is 5.02 Å². The van der Waals surface area contributed by atoms with Gasteiger partial charge in [0.15, 0.2) is 0 Å². The SMILES string of the molecule is CC(C)CNCc1ccc(-c2ccc(F)c(Cl)c2)o1. The summed E-state index contributed by atoms with van der Waals surface area (Å²) in [5.41, 5.74) is 0.779. The zero-order valence-electron chi connectivity index (χ0n) is 11.0.